The van der Waals surface area contributed by atoms with E-state index in [0.717, 1.165) is 18.4 Å². The Balaban J connectivity index is 1.89. The molecule has 1 heterocycles. The Labute approximate surface area is 105 Å². The second-order valence-electron chi connectivity index (χ2n) is 6.06. The second-order valence-corrected chi connectivity index (χ2v) is 6.06. The van der Waals surface area contributed by atoms with Crippen LogP contribution in [0.15, 0.2) is 12.7 Å². The monoisotopic (exact) mass is 235 g/mol. The molecule has 1 saturated heterocycles. The molecule has 0 spiro atoms. The third-order valence-electron chi connectivity index (χ3n) is 4.65. The highest BCUT2D eigenvalue weighted by molar-refractivity contribution is 5.79. The largest absolute Gasteiger partial charge is 0.339 e. The molecule has 2 aliphatic rings. The summed E-state index contributed by atoms with van der Waals surface area (Å²) in [5, 5.41) is 0. The Hall–Kier alpha value is -0.790. The maximum absolute atomic E-state index is 11.9. The summed E-state index contributed by atoms with van der Waals surface area (Å²) in [7, 11) is 0. The zero-order valence-electron chi connectivity index (χ0n) is 11.2. The average Bonchev–Trinajstić information content (AvgIpc) is 2.71. The molecule has 0 radical (unpaired) electrons. The molecule has 1 saturated carbocycles. The van der Waals surface area contributed by atoms with E-state index in [9.17, 15) is 4.79 Å². The molecule has 2 rings (SSSR count). The molecule has 2 heteroatoms. The van der Waals surface area contributed by atoms with Gasteiger partial charge in [-0.1, -0.05) is 19.9 Å². The Morgan fingerprint density at radius 2 is 1.94 bits per heavy atom. The van der Waals surface area contributed by atoms with Crippen LogP contribution in [0, 0.1) is 17.8 Å². The standard InChI is InChI=1S/C15H25NO/c1-4-12-9-15(17)16(10-12)14-7-5-13(6-8-14)11(2)3/h4,11-14H,1,5-10H2,2-3H3. The number of nitrogens with zero attached hydrogens (tertiary/aromatic N) is 1. The van der Waals surface area contributed by atoms with Gasteiger partial charge in [0.25, 0.3) is 0 Å². The zero-order chi connectivity index (χ0) is 12.4. The van der Waals surface area contributed by atoms with Crippen LogP contribution >= 0.6 is 0 Å². The van der Waals surface area contributed by atoms with Gasteiger partial charge >= 0.3 is 0 Å². The summed E-state index contributed by atoms with van der Waals surface area (Å²) in [6.07, 6.45) is 7.64. The SMILES string of the molecule is C=CC1CC(=O)N(C2CCC(C(C)C)CC2)C1. The fourth-order valence-electron chi connectivity index (χ4n) is 3.35. The minimum Gasteiger partial charge on any atom is -0.339 e. The molecule has 17 heavy (non-hydrogen) atoms. The highest BCUT2D eigenvalue weighted by atomic mass is 16.2. The zero-order valence-corrected chi connectivity index (χ0v) is 11.2. The van der Waals surface area contributed by atoms with Crippen LogP contribution in [0.1, 0.15) is 46.0 Å². The number of amides is 1. The van der Waals surface area contributed by atoms with E-state index >= 15 is 0 Å². The van der Waals surface area contributed by atoms with Crippen LogP contribution < -0.4 is 0 Å². The Morgan fingerprint density at radius 3 is 2.41 bits per heavy atom. The fourth-order valence-corrected chi connectivity index (χ4v) is 3.35. The molecule has 2 nitrogen and oxygen atoms in total. The van der Waals surface area contributed by atoms with Gasteiger partial charge in [-0.25, -0.2) is 0 Å². The van der Waals surface area contributed by atoms with Gasteiger partial charge in [0.1, 0.15) is 0 Å². The van der Waals surface area contributed by atoms with Gasteiger partial charge in [0.2, 0.25) is 5.91 Å². The summed E-state index contributed by atoms with van der Waals surface area (Å²) < 4.78 is 0. The Bertz CT molecular complexity index is 289. The quantitative estimate of drug-likeness (QED) is 0.688. The molecule has 0 aromatic heterocycles. The Morgan fingerprint density at radius 1 is 1.29 bits per heavy atom. The van der Waals surface area contributed by atoms with Crippen molar-refractivity contribution in [3.8, 4) is 0 Å². The number of rotatable bonds is 3. The van der Waals surface area contributed by atoms with Gasteiger partial charge in [-0.05, 0) is 37.5 Å². The van der Waals surface area contributed by atoms with Crippen molar-refractivity contribution in [1.82, 2.24) is 4.90 Å². The van der Waals surface area contributed by atoms with E-state index in [1.165, 1.54) is 25.7 Å². The van der Waals surface area contributed by atoms with Gasteiger partial charge in [-0.15, -0.1) is 6.58 Å². The van der Waals surface area contributed by atoms with Crippen molar-refractivity contribution in [2.75, 3.05) is 6.54 Å². The minimum absolute atomic E-state index is 0.350. The smallest absolute Gasteiger partial charge is 0.223 e. The molecule has 0 N–H and O–H groups in total. The molecule has 1 aliphatic heterocycles. The summed E-state index contributed by atoms with van der Waals surface area (Å²) in [5.74, 6) is 2.42. The average molecular weight is 235 g/mol. The van der Waals surface area contributed by atoms with Crippen LogP contribution in [-0.2, 0) is 4.79 Å². The normalized spacial score (nSPS) is 34.4. The van der Waals surface area contributed by atoms with Crippen molar-refractivity contribution < 1.29 is 4.79 Å². The molecule has 1 amide bonds. The lowest BCUT2D eigenvalue weighted by Crippen LogP contribution is -2.39. The van der Waals surface area contributed by atoms with Crippen LogP contribution in [0.2, 0.25) is 0 Å². The van der Waals surface area contributed by atoms with E-state index in [1.807, 2.05) is 6.08 Å². The van der Waals surface area contributed by atoms with Crippen molar-refractivity contribution in [1.29, 1.82) is 0 Å². The molecule has 0 aromatic carbocycles. The van der Waals surface area contributed by atoms with Crippen LogP contribution in [0.3, 0.4) is 0 Å². The lowest BCUT2D eigenvalue weighted by Gasteiger charge is -2.36. The van der Waals surface area contributed by atoms with Gasteiger partial charge in [-0.3, -0.25) is 4.79 Å². The Kier molecular flexibility index (Phi) is 3.90. The number of hydrogen-bond donors (Lipinski definition) is 0. The number of carbonyl (C=O) groups excluding carboxylic acids is 1. The summed E-state index contributed by atoms with van der Waals surface area (Å²) in [6, 6.07) is 0.516. The van der Waals surface area contributed by atoms with E-state index in [0.29, 0.717) is 24.3 Å². The topological polar surface area (TPSA) is 20.3 Å². The summed E-state index contributed by atoms with van der Waals surface area (Å²) >= 11 is 0. The number of likely N-dealkylation sites (tertiary alicyclic amines) is 1. The van der Waals surface area contributed by atoms with Crippen LogP contribution in [0.25, 0.3) is 0 Å². The highest BCUT2D eigenvalue weighted by Crippen LogP contribution is 2.34. The van der Waals surface area contributed by atoms with Gasteiger partial charge in [0, 0.05) is 24.9 Å². The van der Waals surface area contributed by atoms with Gasteiger partial charge < -0.3 is 4.90 Å². The maximum Gasteiger partial charge on any atom is 0.223 e. The van der Waals surface area contributed by atoms with Gasteiger partial charge in [0.15, 0.2) is 0 Å². The molecule has 0 bridgehead atoms. The first kappa shape index (κ1) is 12.7. The summed E-state index contributed by atoms with van der Waals surface area (Å²) in [4.78, 5) is 14.1. The number of carbonyl (C=O) groups is 1. The predicted molar refractivity (Wildman–Crippen MR) is 70.6 cm³/mol. The molecule has 1 unspecified atom stereocenters. The van der Waals surface area contributed by atoms with E-state index in [-0.39, 0.29) is 0 Å². The lowest BCUT2D eigenvalue weighted by molar-refractivity contribution is -0.130. The molecule has 1 atom stereocenters. The van der Waals surface area contributed by atoms with Crippen molar-refractivity contribution in [2.24, 2.45) is 17.8 Å². The molecular weight excluding hydrogens is 210 g/mol. The molecule has 96 valence electrons. The van der Waals surface area contributed by atoms with Gasteiger partial charge in [-0.2, -0.15) is 0 Å². The third-order valence-corrected chi connectivity index (χ3v) is 4.65. The van der Waals surface area contributed by atoms with Crippen LogP contribution in [0.4, 0.5) is 0 Å². The number of hydrogen-bond acceptors (Lipinski definition) is 1. The second kappa shape index (κ2) is 5.24. The van der Waals surface area contributed by atoms with Crippen molar-refractivity contribution in [3.63, 3.8) is 0 Å². The molecule has 0 aromatic rings. The van der Waals surface area contributed by atoms with E-state index < -0.39 is 0 Å². The summed E-state index contributed by atoms with van der Waals surface area (Å²) in [5.41, 5.74) is 0. The first-order valence-electron chi connectivity index (χ1n) is 7.03. The first-order valence-corrected chi connectivity index (χ1v) is 7.03. The maximum atomic E-state index is 11.9. The van der Waals surface area contributed by atoms with Crippen LogP contribution in [0.5, 0.6) is 0 Å². The fraction of sp³-hybridized carbons (Fsp3) is 0.800. The van der Waals surface area contributed by atoms with Crippen molar-refractivity contribution >= 4 is 5.91 Å². The van der Waals surface area contributed by atoms with Crippen molar-refractivity contribution in [3.05, 3.63) is 12.7 Å². The first-order chi connectivity index (χ1) is 8.11. The van der Waals surface area contributed by atoms with E-state index in [4.69, 9.17) is 0 Å². The van der Waals surface area contributed by atoms with Gasteiger partial charge in [0.05, 0.1) is 0 Å². The molecular formula is C15H25NO. The highest BCUT2D eigenvalue weighted by Gasteiger charge is 2.35. The molecule has 2 fully saturated rings. The van der Waals surface area contributed by atoms with Crippen LogP contribution in [-0.4, -0.2) is 23.4 Å². The minimum atomic E-state index is 0.350. The van der Waals surface area contributed by atoms with E-state index in [2.05, 4.69) is 25.3 Å². The lowest BCUT2D eigenvalue weighted by atomic mass is 9.79. The van der Waals surface area contributed by atoms with Crippen molar-refractivity contribution in [2.45, 2.75) is 52.0 Å². The summed E-state index contributed by atoms with van der Waals surface area (Å²) in [6.45, 7) is 9.37. The predicted octanol–water partition coefficient (Wildman–Crippen LogP) is 3.24. The van der Waals surface area contributed by atoms with E-state index in [1.54, 1.807) is 0 Å². The third kappa shape index (κ3) is 2.72. The molecule has 1 aliphatic carbocycles.